The summed E-state index contributed by atoms with van der Waals surface area (Å²) < 4.78 is 2.59. The Labute approximate surface area is 307 Å². The summed E-state index contributed by atoms with van der Waals surface area (Å²) in [5.74, 6) is 0. The van der Waals surface area contributed by atoms with E-state index in [9.17, 15) is 0 Å². The molecule has 1 nitrogen and oxygen atoms in total. The van der Waals surface area contributed by atoms with Crippen molar-refractivity contribution in [1.82, 2.24) is 0 Å². The molecule has 0 aliphatic carbocycles. The zero-order chi connectivity index (χ0) is 34.4. The quantitative estimate of drug-likeness (QED) is 0.169. The summed E-state index contributed by atoms with van der Waals surface area (Å²) in [5.41, 5.74) is 10.7. The highest BCUT2D eigenvalue weighted by Gasteiger charge is 2.19. The van der Waals surface area contributed by atoms with Crippen molar-refractivity contribution in [3.8, 4) is 33.4 Å². The highest BCUT2D eigenvalue weighted by atomic mass is 32.1. The Balaban J connectivity index is 1.15. The predicted molar refractivity (Wildman–Crippen MR) is 225 cm³/mol. The molecule has 1 aromatic heterocycles. The second kappa shape index (κ2) is 12.7. The molecule has 0 aliphatic heterocycles. The third kappa shape index (κ3) is 5.33. The van der Waals surface area contributed by atoms with Gasteiger partial charge in [-0.05, 0) is 104 Å². The van der Waals surface area contributed by atoms with E-state index < -0.39 is 0 Å². The number of para-hydroxylation sites is 1. The summed E-state index contributed by atoms with van der Waals surface area (Å²) in [6.07, 6.45) is 0. The molecule has 0 fully saturated rings. The fourth-order valence-electron chi connectivity index (χ4n) is 7.68. The van der Waals surface area contributed by atoms with Gasteiger partial charge in [-0.1, -0.05) is 146 Å². The minimum Gasteiger partial charge on any atom is -0.310 e. The summed E-state index contributed by atoms with van der Waals surface area (Å²) in [6, 6.07) is 73.0. The van der Waals surface area contributed by atoms with E-state index in [0.29, 0.717) is 0 Å². The van der Waals surface area contributed by atoms with E-state index in [1.807, 2.05) is 11.3 Å². The maximum Gasteiger partial charge on any atom is 0.0540 e. The van der Waals surface area contributed by atoms with Crippen molar-refractivity contribution in [2.45, 2.75) is 0 Å². The average Bonchev–Trinajstić information content (AvgIpc) is 3.60. The molecule has 0 saturated heterocycles. The van der Waals surface area contributed by atoms with E-state index in [2.05, 4.69) is 205 Å². The molecule has 9 aromatic carbocycles. The molecule has 244 valence electrons. The summed E-state index contributed by atoms with van der Waals surface area (Å²) in [7, 11) is 0. The lowest BCUT2D eigenvalue weighted by atomic mass is 9.96. The Morgan fingerprint density at radius 3 is 1.69 bits per heavy atom. The van der Waals surface area contributed by atoms with Gasteiger partial charge in [0.2, 0.25) is 0 Å². The van der Waals surface area contributed by atoms with Gasteiger partial charge >= 0.3 is 0 Å². The van der Waals surface area contributed by atoms with Crippen LogP contribution in [0.25, 0.3) is 75.1 Å². The van der Waals surface area contributed by atoms with E-state index in [1.165, 1.54) is 75.1 Å². The molecule has 1 heterocycles. The lowest BCUT2D eigenvalue weighted by Gasteiger charge is -2.28. The van der Waals surface area contributed by atoms with Gasteiger partial charge in [-0.3, -0.25) is 0 Å². The normalized spacial score (nSPS) is 11.5. The maximum atomic E-state index is 2.42. The molecule has 0 saturated carbocycles. The number of nitrogens with zero attached hydrogens (tertiary/aromatic N) is 1. The van der Waals surface area contributed by atoms with Gasteiger partial charge < -0.3 is 4.90 Å². The van der Waals surface area contributed by atoms with Gasteiger partial charge in [0, 0.05) is 37.1 Å². The number of fused-ring (bicyclic) bond motifs is 5. The molecule has 0 amide bonds. The summed E-state index contributed by atoms with van der Waals surface area (Å²) >= 11 is 1.87. The molecule has 10 rings (SSSR count). The zero-order valence-electron chi connectivity index (χ0n) is 28.4. The van der Waals surface area contributed by atoms with Crippen LogP contribution in [0.2, 0.25) is 0 Å². The number of hydrogen-bond donors (Lipinski definition) is 0. The van der Waals surface area contributed by atoms with Crippen molar-refractivity contribution in [1.29, 1.82) is 0 Å². The highest BCUT2D eigenvalue weighted by Crippen LogP contribution is 2.46. The van der Waals surface area contributed by atoms with Crippen LogP contribution in [0.4, 0.5) is 17.1 Å². The third-order valence-corrected chi connectivity index (χ3v) is 11.4. The summed E-state index contributed by atoms with van der Waals surface area (Å²) in [6.45, 7) is 0. The Hall–Kier alpha value is -6.48. The number of anilines is 3. The van der Waals surface area contributed by atoms with Gasteiger partial charge in [0.05, 0.1) is 5.69 Å². The van der Waals surface area contributed by atoms with E-state index in [1.54, 1.807) is 0 Å². The van der Waals surface area contributed by atoms with Crippen LogP contribution in [-0.4, -0.2) is 0 Å². The number of rotatable bonds is 6. The topological polar surface area (TPSA) is 3.24 Å². The number of hydrogen-bond acceptors (Lipinski definition) is 2. The molecule has 0 spiro atoms. The SMILES string of the molecule is c1ccc(-c2ccccc2N(c2ccc(-c3ccc4ccccc4c3)cc2)c2ccc3sc4cccc(-c5ccc6ccccc6c5)c4c3c2)cc1. The monoisotopic (exact) mass is 679 g/mol. The molecular weight excluding hydrogens is 647 g/mol. The lowest BCUT2D eigenvalue weighted by Crippen LogP contribution is -2.11. The van der Waals surface area contributed by atoms with Crippen molar-refractivity contribution < 1.29 is 0 Å². The fourth-order valence-corrected chi connectivity index (χ4v) is 8.79. The van der Waals surface area contributed by atoms with Crippen LogP contribution in [0.15, 0.2) is 200 Å². The van der Waals surface area contributed by atoms with Crippen molar-refractivity contribution in [2.24, 2.45) is 0 Å². The van der Waals surface area contributed by atoms with Gasteiger partial charge in [0.25, 0.3) is 0 Å². The van der Waals surface area contributed by atoms with Gasteiger partial charge in [-0.25, -0.2) is 0 Å². The Kier molecular flexibility index (Phi) is 7.41. The van der Waals surface area contributed by atoms with Crippen molar-refractivity contribution >= 4 is 70.1 Å². The van der Waals surface area contributed by atoms with E-state index in [-0.39, 0.29) is 0 Å². The fraction of sp³-hybridized carbons (Fsp3) is 0. The molecule has 0 bridgehead atoms. The molecule has 0 unspecified atom stereocenters. The van der Waals surface area contributed by atoms with E-state index in [4.69, 9.17) is 0 Å². The second-order valence-electron chi connectivity index (χ2n) is 13.4. The molecule has 52 heavy (non-hydrogen) atoms. The standard InChI is InChI=1S/C50H33NS/c1-2-13-37(14-3-1)44-17-8-9-19-47(44)51(42-27-25-36(26-28-42)40-23-21-34-11-4-6-15-38(34)31-40)43-29-30-48-46(33-43)50-45(18-10-20-49(50)52-48)41-24-22-35-12-5-7-16-39(35)32-41/h1-33H. The van der Waals surface area contributed by atoms with Crippen LogP contribution in [-0.2, 0) is 0 Å². The van der Waals surface area contributed by atoms with Crippen molar-refractivity contribution in [2.75, 3.05) is 4.90 Å². The van der Waals surface area contributed by atoms with Crippen molar-refractivity contribution in [3.63, 3.8) is 0 Å². The first kappa shape index (κ1) is 30.4. The lowest BCUT2D eigenvalue weighted by molar-refractivity contribution is 1.29. The Morgan fingerprint density at radius 2 is 0.923 bits per heavy atom. The summed E-state index contributed by atoms with van der Waals surface area (Å²) in [5, 5.41) is 7.61. The Bertz CT molecular complexity index is 2900. The number of thiophene rings is 1. The largest absolute Gasteiger partial charge is 0.310 e. The minimum atomic E-state index is 1.11. The molecule has 0 radical (unpaired) electrons. The van der Waals surface area contributed by atoms with Crippen LogP contribution in [0.5, 0.6) is 0 Å². The number of benzene rings is 9. The van der Waals surface area contributed by atoms with Crippen LogP contribution in [0, 0.1) is 0 Å². The Morgan fingerprint density at radius 1 is 0.327 bits per heavy atom. The highest BCUT2D eigenvalue weighted by molar-refractivity contribution is 7.26. The predicted octanol–water partition coefficient (Wildman–Crippen LogP) is 14.8. The summed E-state index contributed by atoms with van der Waals surface area (Å²) in [4.78, 5) is 2.42. The molecule has 0 aliphatic rings. The zero-order valence-corrected chi connectivity index (χ0v) is 29.2. The van der Waals surface area contributed by atoms with Gasteiger partial charge in [0.15, 0.2) is 0 Å². The van der Waals surface area contributed by atoms with E-state index >= 15 is 0 Å². The molecule has 10 aromatic rings. The second-order valence-corrected chi connectivity index (χ2v) is 14.4. The third-order valence-electron chi connectivity index (χ3n) is 10.2. The van der Waals surface area contributed by atoms with Crippen LogP contribution >= 0.6 is 11.3 Å². The van der Waals surface area contributed by atoms with Crippen LogP contribution in [0.3, 0.4) is 0 Å². The molecule has 0 atom stereocenters. The first-order valence-corrected chi connectivity index (χ1v) is 18.6. The molecule has 0 N–H and O–H groups in total. The smallest absolute Gasteiger partial charge is 0.0540 e. The van der Waals surface area contributed by atoms with Crippen molar-refractivity contribution in [3.05, 3.63) is 200 Å². The first-order chi connectivity index (χ1) is 25.8. The maximum absolute atomic E-state index is 2.42. The molecule has 2 heteroatoms. The molecular formula is C50H33NS. The van der Waals surface area contributed by atoms with Gasteiger partial charge in [-0.15, -0.1) is 11.3 Å². The average molecular weight is 680 g/mol. The first-order valence-electron chi connectivity index (χ1n) is 17.8. The van der Waals surface area contributed by atoms with Gasteiger partial charge in [0.1, 0.15) is 0 Å². The van der Waals surface area contributed by atoms with Crippen LogP contribution < -0.4 is 4.90 Å². The minimum absolute atomic E-state index is 1.11. The van der Waals surface area contributed by atoms with Crippen LogP contribution in [0.1, 0.15) is 0 Å². The van der Waals surface area contributed by atoms with Gasteiger partial charge in [-0.2, -0.15) is 0 Å². The van der Waals surface area contributed by atoms with E-state index in [0.717, 1.165) is 17.1 Å².